The number of aromatic nitrogens is 1. The molecule has 0 aliphatic carbocycles. The molecule has 0 N–H and O–H groups in total. The number of hydrogen-bond acceptors (Lipinski definition) is 6. The molecule has 1 aliphatic heterocycles. The Bertz CT molecular complexity index is 986. The summed E-state index contributed by atoms with van der Waals surface area (Å²) in [6, 6.07) is 9.44. The molecular weight excluding hydrogens is 411 g/mol. The number of thiophene rings is 1. The first-order valence-electron chi connectivity index (χ1n) is 9.30. The zero-order valence-electron chi connectivity index (χ0n) is 15.5. The van der Waals surface area contributed by atoms with Crippen molar-refractivity contribution in [3.63, 3.8) is 0 Å². The number of thiazole rings is 1. The van der Waals surface area contributed by atoms with Crippen LogP contribution in [0.4, 0.5) is 4.39 Å². The minimum absolute atomic E-state index is 0.128. The number of hydrogen-bond donors (Lipinski definition) is 0. The summed E-state index contributed by atoms with van der Waals surface area (Å²) in [5.41, 5.74) is 1.14. The van der Waals surface area contributed by atoms with Gasteiger partial charge in [0.2, 0.25) is 0 Å². The highest BCUT2D eigenvalue weighted by atomic mass is 32.1. The lowest BCUT2D eigenvalue weighted by Crippen LogP contribution is -2.42. The van der Waals surface area contributed by atoms with Crippen LogP contribution in [-0.2, 0) is 16.1 Å². The van der Waals surface area contributed by atoms with E-state index in [1.807, 2.05) is 22.9 Å². The average Bonchev–Trinajstić information content (AvgIpc) is 3.44. The highest BCUT2D eigenvalue weighted by Gasteiger charge is 2.30. The van der Waals surface area contributed by atoms with Gasteiger partial charge >= 0.3 is 5.97 Å². The Kier molecular flexibility index (Phi) is 6.01. The van der Waals surface area contributed by atoms with Crippen molar-refractivity contribution < 1.29 is 18.7 Å². The molecule has 5 nitrogen and oxygen atoms in total. The summed E-state index contributed by atoms with van der Waals surface area (Å²) in [7, 11) is 0. The second-order valence-corrected chi connectivity index (χ2v) is 8.63. The predicted octanol–water partition coefficient (Wildman–Crippen LogP) is 4.61. The van der Waals surface area contributed by atoms with Crippen molar-refractivity contribution in [2.75, 3.05) is 13.1 Å². The number of likely N-dealkylation sites (tertiary alicyclic amines) is 1. The molecule has 1 amide bonds. The Morgan fingerprint density at radius 1 is 1.21 bits per heavy atom. The molecule has 4 rings (SSSR count). The number of ether oxygens (including phenoxy) is 1. The van der Waals surface area contributed by atoms with Gasteiger partial charge in [0.05, 0.1) is 16.5 Å². The fraction of sp³-hybridized carbons (Fsp3) is 0.286. The number of esters is 1. The molecule has 0 bridgehead atoms. The maximum absolute atomic E-state index is 13.1. The zero-order valence-corrected chi connectivity index (χ0v) is 17.2. The van der Waals surface area contributed by atoms with Crippen molar-refractivity contribution in [1.29, 1.82) is 0 Å². The van der Waals surface area contributed by atoms with Crippen LogP contribution in [0.25, 0.3) is 9.88 Å². The fourth-order valence-electron chi connectivity index (χ4n) is 3.28. The summed E-state index contributed by atoms with van der Waals surface area (Å²) >= 11 is 3.15. The van der Waals surface area contributed by atoms with Gasteiger partial charge in [0.1, 0.15) is 17.4 Å². The standard InChI is InChI=1S/C21H19FN2O3S2/c22-16-7-5-14(6-8-16)20(25)24-9-1-3-15(11-24)21(26)27-12-17-13-29-19(23-17)18-4-2-10-28-18/h2,4-8,10,13,15H,1,3,9,11-12H2. The second-order valence-electron chi connectivity index (χ2n) is 6.83. The molecule has 1 aliphatic rings. The minimum Gasteiger partial charge on any atom is -0.459 e. The van der Waals surface area contributed by atoms with E-state index in [-0.39, 0.29) is 30.2 Å². The molecule has 0 saturated carbocycles. The van der Waals surface area contributed by atoms with E-state index in [0.717, 1.165) is 22.0 Å². The molecular formula is C21H19FN2O3S2. The van der Waals surface area contributed by atoms with Crippen LogP contribution in [-0.4, -0.2) is 34.8 Å². The van der Waals surface area contributed by atoms with Gasteiger partial charge in [-0.05, 0) is 48.6 Å². The average molecular weight is 431 g/mol. The molecule has 8 heteroatoms. The highest BCUT2D eigenvalue weighted by Crippen LogP contribution is 2.28. The first kappa shape index (κ1) is 19.7. The van der Waals surface area contributed by atoms with E-state index < -0.39 is 0 Å². The van der Waals surface area contributed by atoms with Gasteiger partial charge in [-0.15, -0.1) is 22.7 Å². The first-order valence-corrected chi connectivity index (χ1v) is 11.1. The van der Waals surface area contributed by atoms with E-state index in [2.05, 4.69) is 4.98 Å². The van der Waals surface area contributed by atoms with Crippen LogP contribution < -0.4 is 0 Å². The molecule has 1 unspecified atom stereocenters. The number of nitrogens with zero attached hydrogens (tertiary/aromatic N) is 2. The first-order chi connectivity index (χ1) is 14.1. The number of halogens is 1. The lowest BCUT2D eigenvalue weighted by Gasteiger charge is -2.31. The molecule has 150 valence electrons. The summed E-state index contributed by atoms with van der Waals surface area (Å²) in [6.07, 6.45) is 1.41. The van der Waals surface area contributed by atoms with Gasteiger partial charge in [-0.2, -0.15) is 0 Å². The number of carbonyl (C=O) groups excluding carboxylic acids is 2. The van der Waals surface area contributed by atoms with E-state index in [1.165, 1.54) is 35.6 Å². The van der Waals surface area contributed by atoms with Crippen molar-refractivity contribution in [2.45, 2.75) is 19.4 Å². The van der Waals surface area contributed by atoms with Crippen molar-refractivity contribution >= 4 is 34.6 Å². The molecule has 1 atom stereocenters. The van der Waals surface area contributed by atoms with Crippen LogP contribution in [0.5, 0.6) is 0 Å². The van der Waals surface area contributed by atoms with Gasteiger partial charge in [0.15, 0.2) is 0 Å². The molecule has 29 heavy (non-hydrogen) atoms. The Labute approximate surface area is 175 Å². The minimum atomic E-state index is -0.383. The van der Waals surface area contributed by atoms with Crippen LogP contribution in [0.15, 0.2) is 47.2 Å². The van der Waals surface area contributed by atoms with Gasteiger partial charge in [0, 0.05) is 24.0 Å². The molecule has 3 heterocycles. The van der Waals surface area contributed by atoms with Crippen LogP contribution in [0.3, 0.4) is 0 Å². The van der Waals surface area contributed by atoms with E-state index in [9.17, 15) is 14.0 Å². The fourth-order valence-corrected chi connectivity index (χ4v) is 4.90. The third kappa shape index (κ3) is 4.71. The van der Waals surface area contributed by atoms with Gasteiger partial charge < -0.3 is 9.64 Å². The van der Waals surface area contributed by atoms with E-state index in [4.69, 9.17) is 4.74 Å². The summed E-state index contributed by atoms with van der Waals surface area (Å²) in [5, 5.41) is 4.81. The number of benzene rings is 1. The largest absolute Gasteiger partial charge is 0.459 e. The SMILES string of the molecule is O=C(OCc1csc(-c2cccs2)n1)C1CCCN(C(=O)c2ccc(F)cc2)C1. The molecule has 0 radical (unpaired) electrons. The predicted molar refractivity (Wildman–Crippen MR) is 110 cm³/mol. The lowest BCUT2D eigenvalue weighted by atomic mass is 9.97. The quantitative estimate of drug-likeness (QED) is 0.555. The maximum Gasteiger partial charge on any atom is 0.311 e. The van der Waals surface area contributed by atoms with Crippen molar-refractivity contribution in [1.82, 2.24) is 9.88 Å². The summed E-state index contributed by atoms with van der Waals surface area (Å²) in [5.74, 6) is -1.25. The van der Waals surface area contributed by atoms with E-state index in [0.29, 0.717) is 25.1 Å². The molecule has 1 aromatic carbocycles. The van der Waals surface area contributed by atoms with E-state index >= 15 is 0 Å². The molecule has 0 spiro atoms. The van der Waals surface area contributed by atoms with Gasteiger partial charge in [-0.3, -0.25) is 9.59 Å². The third-order valence-corrected chi connectivity index (χ3v) is 6.71. The maximum atomic E-state index is 13.1. The second kappa shape index (κ2) is 8.84. The topological polar surface area (TPSA) is 59.5 Å². The zero-order chi connectivity index (χ0) is 20.2. The summed E-state index contributed by atoms with van der Waals surface area (Å²) in [4.78, 5) is 32.4. The van der Waals surface area contributed by atoms with Gasteiger partial charge in [0.25, 0.3) is 5.91 Å². The number of rotatable bonds is 5. The normalized spacial score (nSPS) is 16.6. The smallest absolute Gasteiger partial charge is 0.311 e. The van der Waals surface area contributed by atoms with Gasteiger partial charge in [-0.25, -0.2) is 9.37 Å². The molecule has 1 fully saturated rings. The van der Waals surface area contributed by atoms with Crippen LogP contribution >= 0.6 is 22.7 Å². The van der Waals surface area contributed by atoms with Crippen LogP contribution in [0.2, 0.25) is 0 Å². The number of carbonyl (C=O) groups is 2. The monoisotopic (exact) mass is 430 g/mol. The molecule has 3 aromatic rings. The Morgan fingerprint density at radius 3 is 2.79 bits per heavy atom. The third-order valence-electron chi connectivity index (χ3n) is 4.78. The highest BCUT2D eigenvalue weighted by molar-refractivity contribution is 7.20. The van der Waals surface area contributed by atoms with Crippen molar-refractivity contribution in [3.05, 3.63) is 64.2 Å². The van der Waals surface area contributed by atoms with Crippen molar-refractivity contribution in [2.24, 2.45) is 5.92 Å². The van der Waals surface area contributed by atoms with Crippen LogP contribution in [0.1, 0.15) is 28.9 Å². The van der Waals surface area contributed by atoms with Crippen molar-refractivity contribution in [3.8, 4) is 9.88 Å². The Hall–Kier alpha value is -2.58. The summed E-state index contributed by atoms with van der Waals surface area (Å²) < 4.78 is 18.5. The lowest BCUT2D eigenvalue weighted by molar-refractivity contribution is -0.151. The number of amides is 1. The van der Waals surface area contributed by atoms with E-state index in [1.54, 1.807) is 16.2 Å². The molecule has 1 saturated heterocycles. The van der Waals surface area contributed by atoms with Gasteiger partial charge in [-0.1, -0.05) is 6.07 Å². The Morgan fingerprint density at radius 2 is 2.03 bits per heavy atom. The Balaban J connectivity index is 1.33. The number of piperidine rings is 1. The molecule has 2 aromatic heterocycles. The summed E-state index contributed by atoms with van der Waals surface area (Å²) in [6.45, 7) is 1.02. The van der Waals surface area contributed by atoms with Crippen LogP contribution in [0, 0.1) is 11.7 Å².